The van der Waals surface area contributed by atoms with Gasteiger partial charge < -0.3 is 33.1 Å². The topological polar surface area (TPSA) is 145 Å². The van der Waals surface area contributed by atoms with Gasteiger partial charge in [-0.2, -0.15) is 0 Å². The van der Waals surface area contributed by atoms with E-state index in [-0.39, 0.29) is 17.1 Å². The molecule has 0 aliphatic carbocycles. The Hall–Kier alpha value is 0.279. The molecule has 0 fully saturated rings. The fourth-order valence-electron chi connectivity index (χ4n) is 0. The summed E-state index contributed by atoms with van der Waals surface area (Å²) >= 11 is 0. The van der Waals surface area contributed by atoms with E-state index in [1.54, 1.807) is 0 Å². The van der Waals surface area contributed by atoms with E-state index in [2.05, 4.69) is 65.3 Å². The van der Waals surface area contributed by atoms with Crippen molar-refractivity contribution in [1.29, 1.82) is 0 Å². The molecule has 0 unspecified atom stereocenters. The van der Waals surface area contributed by atoms with E-state index >= 15 is 0 Å². The Kier molecular flexibility index (Phi) is 78100. The smallest absolute Gasteiger partial charge is 0.569 e. The number of aliphatic hydroxyl groups is 2. The molecular weight excluding hydrogens is 216 g/mol. The summed E-state index contributed by atoms with van der Waals surface area (Å²) in [5.74, 6) is 0. The Labute approximate surface area is 93.1 Å². The predicted octanol–water partition coefficient (Wildman–Crippen LogP) is -0.755. The molecule has 0 saturated heterocycles. The summed E-state index contributed by atoms with van der Waals surface area (Å²) in [5.41, 5.74) is 17.0. The van der Waals surface area contributed by atoms with Crippen LogP contribution in [0, 0.1) is 42.4 Å². The van der Waals surface area contributed by atoms with Gasteiger partial charge in [-0.25, -0.2) is 14.2 Å². The van der Waals surface area contributed by atoms with Crippen molar-refractivity contribution in [3.05, 3.63) is 42.4 Å². The van der Waals surface area contributed by atoms with E-state index < -0.39 is 0 Å². The van der Waals surface area contributed by atoms with Gasteiger partial charge in [-0.15, -0.1) is 0 Å². The van der Waals surface area contributed by atoms with Crippen LogP contribution in [-0.4, -0.2) is 10.2 Å². The summed E-state index contributed by atoms with van der Waals surface area (Å²) in [7, 11) is 15.5. The van der Waals surface area contributed by atoms with E-state index in [1.165, 1.54) is 0 Å². The summed E-state index contributed by atoms with van der Waals surface area (Å²) in [5, 5.41) is 13.5. The van der Waals surface area contributed by atoms with Gasteiger partial charge in [0.25, 0.3) is 0 Å². The summed E-state index contributed by atoms with van der Waals surface area (Å²) in [6.45, 7) is 0. The Balaban J connectivity index is -0.00000000655. The molecule has 0 saturated carbocycles. The maximum Gasteiger partial charge on any atom is 6.00 e. The van der Waals surface area contributed by atoms with E-state index in [9.17, 15) is 0 Å². The molecule has 86 valence electrons. The van der Waals surface area contributed by atoms with Gasteiger partial charge in [0.1, 0.15) is 0 Å². The number of hydrogen-bond donors (Lipinski definition) is 6. The fraction of sp³-hybridized carbons (Fsp3) is 0. The zero-order chi connectivity index (χ0) is 12.0. The number of rotatable bonds is 0. The van der Waals surface area contributed by atoms with Crippen molar-refractivity contribution < 1.29 is 27.3 Å². The summed E-state index contributed by atoms with van der Waals surface area (Å²) in [6.07, 6.45) is 0. The molecule has 13 heavy (non-hydrogen) atoms. The third-order valence-electron chi connectivity index (χ3n) is 0. The quantitative estimate of drug-likeness (QED) is 0.242. The minimum atomic E-state index is 0. The molecule has 6 nitrogen and oxygen atoms in total. The second-order valence-corrected chi connectivity index (χ2v) is 0. The van der Waals surface area contributed by atoms with Crippen LogP contribution in [0.1, 0.15) is 0 Å². The summed E-state index contributed by atoms with van der Waals surface area (Å²) in [6, 6.07) is 0. The van der Waals surface area contributed by atoms with Gasteiger partial charge >= 0.3 is 17.1 Å². The third-order valence-corrected chi connectivity index (χ3v) is 0. The SMILES string of the molecule is [CH2-]N.[CH2-]N.[CH2-]N.[CH2-]N.[CH2-]O.[CH2-]O.[Fe+6]. The zero-order valence-electron chi connectivity index (χ0n) is 7.80. The minimum absolute atomic E-state index is 0. The second kappa shape index (κ2) is 20000. The molecule has 0 radical (unpaired) electrons. The Morgan fingerprint density at radius 2 is 0.462 bits per heavy atom. The van der Waals surface area contributed by atoms with Crippen LogP contribution in [0.25, 0.3) is 0 Å². The summed E-state index contributed by atoms with van der Waals surface area (Å²) < 4.78 is 0. The molecule has 0 bridgehead atoms. The maximum absolute atomic E-state index is 6.75. The van der Waals surface area contributed by atoms with Crippen molar-refractivity contribution in [3.8, 4) is 0 Å². The predicted molar refractivity (Wildman–Crippen MR) is 52.8 cm³/mol. The van der Waals surface area contributed by atoms with Crippen LogP contribution in [0.3, 0.4) is 0 Å². The molecule has 0 spiro atoms. The van der Waals surface area contributed by atoms with Crippen molar-refractivity contribution >= 4 is 0 Å². The van der Waals surface area contributed by atoms with Crippen molar-refractivity contribution in [2.24, 2.45) is 22.9 Å². The first-order chi connectivity index (χ1) is 6.00. The van der Waals surface area contributed by atoms with Crippen molar-refractivity contribution in [3.63, 3.8) is 0 Å². The molecule has 7 heteroatoms. The van der Waals surface area contributed by atoms with Crippen LogP contribution in [-0.2, 0) is 17.1 Å². The Morgan fingerprint density at radius 3 is 0.462 bits per heavy atom. The van der Waals surface area contributed by atoms with Gasteiger partial charge in [0.15, 0.2) is 0 Å². The van der Waals surface area contributed by atoms with E-state index in [4.69, 9.17) is 10.2 Å². The van der Waals surface area contributed by atoms with Crippen LogP contribution in [0.15, 0.2) is 0 Å². The number of hydrogen-bond acceptors (Lipinski definition) is 6. The molecule has 0 aliphatic rings. The van der Waals surface area contributed by atoms with Crippen molar-refractivity contribution in [2.45, 2.75) is 0 Å². The van der Waals surface area contributed by atoms with Crippen LogP contribution in [0.5, 0.6) is 0 Å². The molecule has 0 heterocycles. The monoisotopic (exact) mass is 238 g/mol. The Morgan fingerprint density at radius 1 is 0.462 bits per heavy atom. The van der Waals surface area contributed by atoms with Crippen LogP contribution in [0.4, 0.5) is 0 Å². The number of aliphatic hydroxyl groups excluding tert-OH is 2. The first-order valence-corrected chi connectivity index (χ1v) is 2.27. The first-order valence-electron chi connectivity index (χ1n) is 2.27. The molecule has 0 aromatic rings. The fourth-order valence-corrected chi connectivity index (χ4v) is 0. The second-order valence-electron chi connectivity index (χ2n) is 0. The average molecular weight is 238 g/mol. The molecule has 0 aliphatic heterocycles. The van der Waals surface area contributed by atoms with Gasteiger partial charge in [0.05, 0.1) is 0 Å². The van der Waals surface area contributed by atoms with E-state index in [1.807, 2.05) is 0 Å². The van der Waals surface area contributed by atoms with Crippen LogP contribution >= 0.6 is 0 Å². The molecule has 0 aromatic heterocycles. The van der Waals surface area contributed by atoms with Gasteiger partial charge in [-0.3, -0.25) is 28.2 Å². The minimum Gasteiger partial charge on any atom is -0.569 e. The van der Waals surface area contributed by atoms with Crippen molar-refractivity contribution in [1.82, 2.24) is 0 Å². The van der Waals surface area contributed by atoms with Gasteiger partial charge in [-0.05, 0) is 0 Å². The molecule has 0 aromatic carbocycles. The molecule has 0 atom stereocenters. The molecule has 0 amide bonds. The van der Waals surface area contributed by atoms with E-state index in [0.717, 1.165) is 0 Å². The maximum atomic E-state index is 6.75. The normalized spacial score (nSPS) is 2.77. The van der Waals surface area contributed by atoms with Crippen molar-refractivity contribution in [2.75, 3.05) is 0 Å². The molecular formula is C6H22FeN4O2. The first kappa shape index (κ1) is 50.8. The average Bonchev–Trinajstić information content (AvgIpc) is 2.33. The number of nitrogens with two attached hydrogens (primary N) is 4. The van der Waals surface area contributed by atoms with Gasteiger partial charge in [0, 0.05) is 0 Å². The molecule has 10 N–H and O–H groups in total. The van der Waals surface area contributed by atoms with Gasteiger partial charge in [0.2, 0.25) is 0 Å². The third kappa shape index (κ3) is 16600. The van der Waals surface area contributed by atoms with Crippen LogP contribution < -0.4 is 22.9 Å². The Bertz CT molecular complexity index is 22.6. The molecule has 0 rings (SSSR count). The standard InChI is InChI=1S/4CH4N.2CH3O.Fe/c6*1-2;/h4*1-2H2;2*2H,1H2;/q6*-1;+6. The zero-order valence-corrected chi connectivity index (χ0v) is 8.90. The van der Waals surface area contributed by atoms with E-state index in [0.29, 0.717) is 0 Å². The largest absolute Gasteiger partial charge is 6.00 e. The van der Waals surface area contributed by atoms with Gasteiger partial charge in [-0.1, -0.05) is 0 Å². The van der Waals surface area contributed by atoms with Crippen LogP contribution in [0.2, 0.25) is 0 Å². The summed E-state index contributed by atoms with van der Waals surface area (Å²) in [4.78, 5) is 0.